The Morgan fingerprint density at radius 3 is 2.59 bits per heavy atom. The molecule has 0 fully saturated rings. The van der Waals surface area contributed by atoms with Gasteiger partial charge in [0.2, 0.25) is 0 Å². The lowest BCUT2D eigenvalue weighted by molar-refractivity contribution is -0.126. The van der Waals surface area contributed by atoms with Gasteiger partial charge in [0, 0.05) is 36.6 Å². The van der Waals surface area contributed by atoms with E-state index in [1.807, 2.05) is 39.9 Å². The second kappa shape index (κ2) is 6.63. The van der Waals surface area contributed by atoms with Crippen LogP contribution in [0.5, 0.6) is 0 Å². The molecular formula is C18H27N3O. The van der Waals surface area contributed by atoms with E-state index in [1.54, 1.807) is 0 Å². The van der Waals surface area contributed by atoms with Crippen LogP contribution >= 0.6 is 0 Å². The van der Waals surface area contributed by atoms with E-state index >= 15 is 0 Å². The van der Waals surface area contributed by atoms with Crippen LogP contribution in [0.2, 0.25) is 0 Å². The van der Waals surface area contributed by atoms with Gasteiger partial charge in [0.25, 0.3) is 0 Å². The maximum atomic E-state index is 12.2. The zero-order valence-corrected chi connectivity index (χ0v) is 14.3. The highest BCUT2D eigenvalue weighted by Crippen LogP contribution is 2.23. The Bertz CT molecular complexity index is 652. The van der Waals surface area contributed by atoms with Gasteiger partial charge in [0.05, 0.1) is 6.54 Å². The molecule has 1 heterocycles. The SMILES string of the molecule is CNN(C)Cc1cc2ccccc2n1CCC(=O)C(C)(C)C. The Kier molecular flexibility index (Phi) is 5.04. The number of aromatic nitrogens is 1. The summed E-state index contributed by atoms with van der Waals surface area (Å²) in [7, 11) is 3.93. The summed E-state index contributed by atoms with van der Waals surface area (Å²) in [6.45, 7) is 7.49. The standard InChI is InChI=1S/C18H27N3O/c1-18(2,3)17(22)10-11-21-15(13-20(5)19-4)12-14-8-6-7-9-16(14)21/h6-9,12,19H,10-11,13H2,1-5H3. The molecule has 1 aromatic carbocycles. The first-order chi connectivity index (χ1) is 10.3. The number of ketones is 1. The first kappa shape index (κ1) is 16.7. The molecule has 0 saturated heterocycles. The molecule has 0 spiro atoms. The Morgan fingerprint density at radius 2 is 1.95 bits per heavy atom. The molecule has 2 aromatic rings. The fourth-order valence-corrected chi connectivity index (χ4v) is 2.57. The van der Waals surface area contributed by atoms with Crippen LogP contribution in [0.4, 0.5) is 0 Å². The molecule has 0 amide bonds. The maximum absolute atomic E-state index is 12.2. The van der Waals surface area contributed by atoms with Crippen LogP contribution in [0, 0.1) is 5.41 Å². The molecule has 0 unspecified atom stereocenters. The van der Waals surface area contributed by atoms with Gasteiger partial charge in [-0.15, -0.1) is 0 Å². The minimum absolute atomic E-state index is 0.273. The molecule has 0 saturated carbocycles. The van der Waals surface area contributed by atoms with Gasteiger partial charge in [0.15, 0.2) is 0 Å². The van der Waals surface area contributed by atoms with Crippen molar-refractivity contribution in [2.24, 2.45) is 5.41 Å². The van der Waals surface area contributed by atoms with Crippen LogP contribution in [-0.4, -0.2) is 29.5 Å². The Labute approximate surface area is 133 Å². The van der Waals surface area contributed by atoms with Crippen molar-refractivity contribution in [3.05, 3.63) is 36.0 Å². The molecule has 22 heavy (non-hydrogen) atoms. The zero-order valence-electron chi connectivity index (χ0n) is 14.3. The normalized spacial score (nSPS) is 12.3. The molecule has 4 nitrogen and oxygen atoms in total. The summed E-state index contributed by atoms with van der Waals surface area (Å²) in [4.78, 5) is 12.2. The third-order valence-corrected chi connectivity index (χ3v) is 4.08. The second-order valence-electron chi connectivity index (χ2n) is 6.85. The number of hydrogen-bond donors (Lipinski definition) is 1. The molecule has 0 aliphatic rings. The van der Waals surface area contributed by atoms with Gasteiger partial charge < -0.3 is 4.57 Å². The molecule has 2 rings (SSSR count). The van der Waals surface area contributed by atoms with Gasteiger partial charge in [0.1, 0.15) is 5.78 Å². The van der Waals surface area contributed by atoms with Crippen molar-refractivity contribution in [3.63, 3.8) is 0 Å². The summed E-state index contributed by atoms with van der Waals surface area (Å²) in [6.07, 6.45) is 0.568. The predicted octanol–water partition coefficient (Wildman–Crippen LogP) is 3.21. The van der Waals surface area contributed by atoms with E-state index in [1.165, 1.54) is 16.6 Å². The summed E-state index contributed by atoms with van der Waals surface area (Å²) in [5, 5.41) is 3.27. The quantitative estimate of drug-likeness (QED) is 0.833. The summed E-state index contributed by atoms with van der Waals surface area (Å²) >= 11 is 0. The number of nitrogens with zero attached hydrogens (tertiary/aromatic N) is 2. The second-order valence-corrected chi connectivity index (χ2v) is 6.85. The van der Waals surface area contributed by atoms with Crippen molar-refractivity contribution >= 4 is 16.7 Å². The summed E-state index contributed by atoms with van der Waals surface area (Å²) in [6, 6.07) is 10.6. The number of carbonyl (C=O) groups is 1. The van der Waals surface area contributed by atoms with E-state index in [2.05, 4.69) is 40.3 Å². The van der Waals surface area contributed by atoms with Crippen LogP contribution in [0.3, 0.4) is 0 Å². The molecule has 0 aliphatic carbocycles. The lowest BCUT2D eigenvalue weighted by atomic mass is 9.89. The number of hydrogen-bond acceptors (Lipinski definition) is 3. The van der Waals surface area contributed by atoms with Crippen molar-refractivity contribution < 1.29 is 4.79 Å². The van der Waals surface area contributed by atoms with Crippen molar-refractivity contribution in [1.82, 2.24) is 15.0 Å². The zero-order chi connectivity index (χ0) is 16.3. The van der Waals surface area contributed by atoms with Gasteiger partial charge in [-0.25, -0.2) is 5.01 Å². The van der Waals surface area contributed by atoms with Crippen molar-refractivity contribution in [3.8, 4) is 0 Å². The Balaban J connectivity index is 2.29. The van der Waals surface area contributed by atoms with Crippen LogP contribution in [0.15, 0.2) is 30.3 Å². The number of benzene rings is 1. The number of carbonyl (C=O) groups excluding carboxylic acids is 1. The summed E-state index contributed by atoms with van der Waals surface area (Å²) in [5.74, 6) is 0.304. The first-order valence-electron chi connectivity index (χ1n) is 7.82. The fraction of sp³-hybridized carbons (Fsp3) is 0.500. The van der Waals surface area contributed by atoms with E-state index in [0.29, 0.717) is 12.2 Å². The minimum Gasteiger partial charge on any atom is -0.343 e. The topological polar surface area (TPSA) is 37.3 Å². The molecule has 0 aliphatic heterocycles. The number of rotatable bonds is 6. The van der Waals surface area contributed by atoms with Crippen molar-refractivity contribution in [2.75, 3.05) is 14.1 Å². The molecule has 4 heteroatoms. The van der Waals surface area contributed by atoms with Gasteiger partial charge in [-0.05, 0) is 24.6 Å². The van der Waals surface area contributed by atoms with Crippen LogP contribution < -0.4 is 5.43 Å². The van der Waals surface area contributed by atoms with E-state index in [0.717, 1.165) is 13.1 Å². The molecular weight excluding hydrogens is 274 g/mol. The summed E-state index contributed by atoms with van der Waals surface area (Å²) in [5.41, 5.74) is 5.27. The number of nitrogens with one attached hydrogen (secondary N) is 1. The molecule has 120 valence electrons. The fourth-order valence-electron chi connectivity index (χ4n) is 2.57. The molecule has 0 atom stereocenters. The molecule has 0 bridgehead atoms. The van der Waals surface area contributed by atoms with Gasteiger partial charge in [-0.2, -0.15) is 0 Å². The van der Waals surface area contributed by atoms with Crippen molar-refractivity contribution in [1.29, 1.82) is 0 Å². The molecule has 1 N–H and O–H groups in total. The van der Waals surface area contributed by atoms with Gasteiger partial charge in [-0.3, -0.25) is 10.2 Å². The van der Waals surface area contributed by atoms with Gasteiger partial charge in [-0.1, -0.05) is 39.0 Å². The average Bonchev–Trinajstić information content (AvgIpc) is 2.80. The smallest absolute Gasteiger partial charge is 0.139 e. The molecule has 0 radical (unpaired) electrons. The minimum atomic E-state index is -0.273. The van der Waals surface area contributed by atoms with Crippen LogP contribution in [-0.2, 0) is 17.9 Å². The van der Waals surface area contributed by atoms with E-state index in [4.69, 9.17) is 0 Å². The van der Waals surface area contributed by atoms with Gasteiger partial charge >= 0.3 is 0 Å². The van der Waals surface area contributed by atoms with E-state index in [-0.39, 0.29) is 5.41 Å². The molecule has 1 aromatic heterocycles. The monoisotopic (exact) mass is 301 g/mol. The number of aryl methyl sites for hydroxylation is 1. The third-order valence-electron chi connectivity index (χ3n) is 4.08. The number of fused-ring (bicyclic) bond motifs is 1. The number of Topliss-reactive ketones (excluding diaryl/α,β-unsaturated/α-hetero) is 1. The summed E-state index contributed by atoms with van der Waals surface area (Å²) < 4.78 is 2.27. The lowest BCUT2D eigenvalue weighted by Gasteiger charge is -2.19. The largest absolute Gasteiger partial charge is 0.343 e. The lowest BCUT2D eigenvalue weighted by Crippen LogP contribution is -2.31. The highest BCUT2D eigenvalue weighted by atomic mass is 16.1. The highest BCUT2D eigenvalue weighted by molar-refractivity contribution is 5.84. The number of hydrazine groups is 1. The third kappa shape index (κ3) is 3.76. The van der Waals surface area contributed by atoms with Crippen LogP contribution in [0.25, 0.3) is 10.9 Å². The number of para-hydroxylation sites is 1. The maximum Gasteiger partial charge on any atom is 0.139 e. The Hall–Kier alpha value is -1.65. The van der Waals surface area contributed by atoms with Crippen molar-refractivity contribution in [2.45, 2.75) is 40.3 Å². The van der Waals surface area contributed by atoms with Crippen LogP contribution in [0.1, 0.15) is 32.9 Å². The van der Waals surface area contributed by atoms with E-state index < -0.39 is 0 Å². The predicted molar refractivity (Wildman–Crippen MR) is 91.5 cm³/mol. The first-order valence-corrected chi connectivity index (χ1v) is 7.82. The van der Waals surface area contributed by atoms with E-state index in [9.17, 15) is 4.79 Å². The highest BCUT2D eigenvalue weighted by Gasteiger charge is 2.21. The average molecular weight is 301 g/mol. The Morgan fingerprint density at radius 1 is 1.27 bits per heavy atom.